The number of anilines is 3. The quantitative estimate of drug-likeness (QED) is 0.682. The molecule has 0 spiro atoms. The summed E-state index contributed by atoms with van der Waals surface area (Å²) in [5.74, 6) is 2.92. The summed E-state index contributed by atoms with van der Waals surface area (Å²) in [4.78, 5) is 26.3. The molecule has 2 saturated heterocycles. The molecule has 0 aliphatic carbocycles. The highest BCUT2D eigenvalue weighted by molar-refractivity contribution is 5.76. The van der Waals surface area contributed by atoms with Crippen molar-refractivity contribution in [1.29, 1.82) is 0 Å². The van der Waals surface area contributed by atoms with Crippen molar-refractivity contribution in [2.24, 2.45) is 0 Å². The Kier molecular flexibility index (Phi) is 4.66. The van der Waals surface area contributed by atoms with Gasteiger partial charge in [0.2, 0.25) is 5.95 Å². The minimum atomic E-state index is 0.855. The Labute approximate surface area is 171 Å². The average Bonchev–Trinajstić information content (AvgIpc) is 3.28. The van der Waals surface area contributed by atoms with E-state index in [9.17, 15) is 0 Å². The molecule has 2 fully saturated rings. The van der Waals surface area contributed by atoms with Crippen LogP contribution in [0.4, 0.5) is 17.6 Å². The van der Waals surface area contributed by atoms with Crippen LogP contribution in [-0.2, 0) is 0 Å². The largest absolute Gasteiger partial charge is 0.356 e. The fourth-order valence-corrected chi connectivity index (χ4v) is 4.28. The van der Waals surface area contributed by atoms with E-state index < -0.39 is 0 Å². The smallest absolute Gasteiger partial charge is 0.227 e. The van der Waals surface area contributed by atoms with Crippen LogP contribution < -0.4 is 14.7 Å². The number of para-hydroxylation sites is 2. The van der Waals surface area contributed by atoms with E-state index in [1.54, 1.807) is 0 Å². The molecule has 5 rings (SSSR count). The van der Waals surface area contributed by atoms with Crippen LogP contribution in [-0.4, -0.2) is 59.2 Å². The Morgan fingerprint density at radius 2 is 1.34 bits per heavy atom. The Morgan fingerprint density at radius 1 is 0.690 bits per heavy atom. The van der Waals surface area contributed by atoms with Crippen molar-refractivity contribution in [2.45, 2.75) is 26.7 Å². The minimum Gasteiger partial charge on any atom is -0.356 e. The highest BCUT2D eigenvalue weighted by Crippen LogP contribution is 2.24. The van der Waals surface area contributed by atoms with Crippen molar-refractivity contribution in [3.63, 3.8) is 0 Å². The molecule has 2 aromatic heterocycles. The van der Waals surface area contributed by atoms with Gasteiger partial charge in [0.1, 0.15) is 5.82 Å². The first-order valence-corrected chi connectivity index (χ1v) is 10.5. The summed E-state index contributed by atoms with van der Waals surface area (Å²) >= 11 is 0. The lowest BCUT2D eigenvalue weighted by Crippen LogP contribution is -2.47. The molecule has 2 aliphatic heterocycles. The second kappa shape index (κ2) is 7.46. The number of aromatic nitrogens is 4. The van der Waals surface area contributed by atoms with E-state index in [1.807, 2.05) is 31.2 Å². The van der Waals surface area contributed by atoms with Crippen LogP contribution in [0.1, 0.15) is 24.2 Å². The molecule has 0 N–H and O–H groups in total. The summed E-state index contributed by atoms with van der Waals surface area (Å²) in [6.07, 6.45) is 2.51. The molecule has 3 aromatic rings. The number of hydrogen-bond donors (Lipinski definition) is 0. The van der Waals surface area contributed by atoms with Gasteiger partial charge >= 0.3 is 0 Å². The summed E-state index contributed by atoms with van der Waals surface area (Å²) < 4.78 is 0. The van der Waals surface area contributed by atoms with E-state index in [4.69, 9.17) is 19.9 Å². The third-order valence-electron chi connectivity index (χ3n) is 5.84. The number of benzene rings is 1. The minimum absolute atomic E-state index is 0.855. The predicted octanol–water partition coefficient (Wildman–Crippen LogP) is 2.96. The predicted molar refractivity (Wildman–Crippen MR) is 117 cm³/mol. The molecule has 4 heterocycles. The van der Waals surface area contributed by atoms with Crippen molar-refractivity contribution >= 4 is 28.6 Å². The molecular weight excluding hydrogens is 362 g/mol. The standard InChI is InChI=1S/C22H27N7/c1-16-15-20(27-9-5-6-10-27)26-22(23-16)29-13-11-28(12-14-29)21-17(2)24-18-7-3-4-8-19(18)25-21/h3-4,7-8,15H,5-6,9-14H2,1-2H3. The Morgan fingerprint density at radius 3 is 2.07 bits per heavy atom. The van der Waals surface area contributed by atoms with Crippen LogP contribution in [0.2, 0.25) is 0 Å². The maximum Gasteiger partial charge on any atom is 0.227 e. The number of rotatable bonds is 3. The molecule has 7 nitrogen and oxygen atoms in total. The van der Waals surface area contributed by atoms with Crippen LogP contribution in [0, 0.1) is 13.8 Å². The molecule has 2 aliphatic rings. The molecule has 0 saturated carbocycles. The fourth-order valence-electron chi connectivity index (χ4n) is 4.28. The van der Waals surface area contributed by atoms with Gasteiger partial charge in [0.25, 0.3) is 0 Å². The molecule has 0 amide bonds. The maximum absolute atomic E-state index is 4.89. The fraction of sp³-hybridized carbons (Fsp3) is 0.455. The SMILES string of the molecule is Cc1cc(N2CCCC2)nc(N2CCN(c3nc4ccccc4nc3C)CC2)n1. The van der Waals surface area contributed by atoms with Gasteiger partial charge in [-0.15, -0.1) is 0 Å². The molecule has 0 bridgehead atoms. The van der Waals surface area contributed by atoms with Crippen molar-refractivity contribution in [3.05, 3.63) is 41.7 Å². The van der Waals surface area contributed by atoms with E-state index in [2.05, 4.69) is 27.7 Å². The summed E-state index contributed by atoms with van der Waals surface area (Å²) in [6, 6.07) is 10.2. The Balaban J connectivity index is 1.34. The monoisotopic (exact) mass is 389 g/mol. The lowest BCUT2D eigenvalue weighted by molar-refractivity contribution is 0.631. The van der Waals surface area contributed by atoms with Crippen molar-refractivity contribution in [1.82, 2.24) is 19.9 Å². The van der Waals surface area contributed by atoms with Crippen molar-refractivity contribution in [2.75, 3.05) is 54.0 Å². The first kappa shape index (κ1) is 18.1. The molecule has 0 atom stereocenters. The number of fused-ring (bicyclic) bond motifs is 1. The van der Waals surface area contributed by atoms with Gasteiger partial charge in [-0.2, -0.15) is 4.98 Å². The second-order valence-corrected chi connectivity index (χ2v) is 7.96. The van der Waals surface area contributed by atoms with E-state index in [0.29, 0.717) is 0 Å². The van der Waals surface area contributed by atoms with Crippen molar-refractivity contribution in [3.8, 4) is 0 Å². The van der Waals surface area contributed by atoms with Gasteiger partial charge < -0.3 is 14.7 Å². The van der Waals surface area contributed by atoms with E-state index >= 15 is 0 Å². The molecule has 7 heteroatoms. The third-order valence-corrected chi connectivity index (χ3v) is 5.84. The number of piperazine rings is 1. The summed E-state index contributed by atoms with van der Waals surface area (Å²) in [5.41, 5.74) is 3.93. The van der Waals surface area contributed by atoms with E-state index in [0.717, 1.165) is 79.3 Å². The van der Waals surface area contributed by atoms with Gasteiger partial charge in [-0.05, 0) is 38.8 Å². The molecule has 0 unspecified atom stereocenters. The van der Waals surface area contributed by atoms with Gasteiger partial charge in [0.05, 0.1) is 16.7 Å². The summed E-state index contributed by atoms with van der Waals surface area (Å²) in [5, 5.41) is 0. The number of nitrogens with zero attached hydrogens (tertiary/aromatic N) is 7. The average molecular weight is 390 g/mol. The third kappa shape index (κ3) is 3.57. The maximum atomic E-state index is 4.89. The van der Waals surface area contributed by atoms with Gasteiger partial charge in [-0.25, -0.2) is 15.0 Å². The molecule has 1 aromatic carbocycles. The summed E-state index contributed by atoms with van der Waals surface area (Å²) in [6.45, 7) is 9.87. The molecular formula is C22H27N7. The first-order valence-electron chi connectivity index (χ1n) is 10.5. The van der Waals surface area contributed by atoms with Crippen LogP contribution in [0.25, 0.3) is 11.0 Å². The topological polar surface area (TPSA) is 61.3 Å². The van der Waals surface area contributed by atoms with Crippen LogP contribution in [0.5, 0.6) is 0 Å². The first-order chi connectivity index (χ1) is 14.2. The van der Waals surface area contributed by atoms with Crippen LogP contribution in [0.3, 0.4) is 0 Å². The van der Waals surface area contributed by atoms with Crippen LogP contribution >= 0.6 is 0 Å². The van der Waals surface area contributed by atoms with E-state index in [-0.39, 0.29) is 0 Å². The lowest BCUT2D eigenvalue weighted by atomic mass is 10.2. The Hall–Kier alpha value is -2.96. The molecule has 150 valence electrons. The van der Waals surface area contributed by atoms with E-state index in [1.165, 1.54) is 12.8 Å². The molecule has 0 radical (unpaired) electrons. The number of aryl methyl sites for hydroxylation is 2. The van der Waals surface area contributed by atoms with Gasteiger partial charge in [-0.1, -0.05) is 12.1 Å². The highest BCUT2D eigenvalue weighted by atomic mass is 15.3. The lowest BCUT2D eigenvalue weighted by Gasteiger charge is -2.36. The second-order valence-electron chi connectivity index (χ2n) is 7.96. The highest BCUT2D eigenvalue weighted by Gasteiger charge is 2.23. The Bertz CT molecular complexity index is 1020. The van der Waals surface area contributed by atoms with Gasteiger partial charge in [0.15, 0.2) is 5.82 Å². The summed E-state index contributed by atoms with van der Waals surface area (Å²) in [7, 11) is 0. The normalized spacial score (nSPS) is 17.4. The van der Waals surface area contributed by atoms with Crippen LogP contribution in [0.15, 0.2) is 30.3 Å². The zero-order valence-electron chi connectivity index (χ0n) is 17.2. The zero-order chi connectivity index (χ0) is 19.8. The van der Waals surface area contributed by atoms with Gasteiger partial charge in [0, 0.05) is 51.0 Å². The molecule has 29 heavy (non-hydrogen) atoms. The zero-order valence-corrected chi connectivity index (χ0v) is 17.2. The van der Waals surface area contributed by atoms with Crippen molar-refractivity contribution < 1.29 is 0 Å². The number of hydrogen-bond acceptors (Lipinski definition) is 7. The van der Waals surface area contributed by atoms with Gasteiger partial charge in [-0.3, -0.25) is 0 Å².